The van der Waals surface area contributed by atoms with Crippen molar-refractivity contribution >= 4 is 39.0 Å². The summed E-state index contributed by atoms with van der Waals surface area (Å²) in [6, 6.07) is 20.9. The van der Waals surface area contributed by atoms with Crippen molar-refractivity contribution in [3.63, 3.8) is 0 Å². The van der Waals surface area contributed by atoms with Crippen LogP contribution in [0.4, 0.5) is 0 Å². The molecule has 0 heterocycles. The maximum Gasteiger partial charge on any atom is 0.0616 e. The van der Waals surface area contributed by atoms with Gasteiger partial charge in [0.25, 0.3) is 0 Å². The highest BCUT2D eigenvalue weighted by Crippen LogP contribution is 2.56. The van der Waals surface area contributed by atoms with Gasteiger partial charge >= 0.3 is 0 Å². The summed E-state index contributed by atoms with van der Waals surface area (Å²) in [6.07, 6.45) is 1.93. The smallest absolute Gasteiger partial charge is 0.0616 e. The Morgan fingerprint density at radius 3 is 1.78 bits per heavy atom. The molecule has 0 bridgehead atoms. The minimum Gasteiger partial charge on any atom is -0.111 e. The van der Waals surface area contributed by atoms with Gasteiger partial charge in [-0.1, -0.05) is 78.5 Å². The molecule has 0 spiro atoms. The second kappa shape index (κ2) is 6.38. The Hall–Kier alpha value is -0.820. The fraction of sp³-hybridized carbons (Fsp3) is 0.0667. The maximum absolute atomic E-state index is 6.03. The molecule has 18 heavy (non-hydrogen) atoms. The molecule has 92 valence electrons. The molecule has 0 radical (unpaired) electrons. The van der Waals surface area contributed by atoms with Gasteiger partial charge in [0.1, 0.15) is 0 Å². The topological polar surface area (TPSA) is 0 Å². The monoisotopic (exact) mass is 290 g/mol. The second-order valence-electron chi connectivity index (χ2n) is 3.81. The Balaban J connectivity index is 2.48. The standard InChI is InChI=1S/C15H15PS2/c1-2-13-18-16(17,14-9-5-3-6-10-14)15-11-7-4-8-12-15/h2-12H,1,13H2. The maximum atomic E-state index is 6.03. The minimum absolute atomic E-state index is 0.890. The quantitative estimate of drug-likeness (QED) is 0.604. The van der Waals surface area contributed by atoms with Crippen molar-refractivity contribution in [2.24, 2.45) is 0 Å². The highest BCUT2D eigenvalue weighted by Gasteiger charge is 2.21. The molecule has 0 aliphatic carbocycles. The van der Waals surface area contributed by atoms with Crippen molar-refractivity contribution < 1.29 is 0 Å². The van der Waals surface area contributed by atoms with Crippen LogP contribution >= 0.6 is 16.6 Å². The normalized spacial score (nSPS) is 11.1. The van der Waals surface area contributed by atoms with E-state index in [0.29, 0.717) is 0 Å². The SMILES string of the molecule is C=CCSP(=S)(c1ccccc1)c1ccccc1. The van der Waals surface area contributed by atoms with Gasteiger partial charge < -0.3 is 0 Å². The Kier molecular flexibility index (Phi) is 4.82. The van der Waals surface area contributed by atoms with Crippen molar-refractivity contribution in [2.45, 2.75) is 0 Å². The van der Waals surface area contributed by atoms with E-state index < -0.39 is 5.24 Å². The van der Waals surface area contributed by atoms with Gasteiger partial charge in [-0.3, -0.25) is 0 Å². The zero-order chi connectivity index (χ0) is 12.8. The van der Waals surface area contributed by atoms with Crippen molar-refractivity contribution in [1.82, 2.24) is 0 Å². The lowest BCUT2D eigenvalue weighted by atomic mass is 10.4. The van der Waals surface area contributed by atoms with Gasteiger partial charge in [0, 0.05) is 5.75 Å². The zero-order valence-corrected chi connectivity index (χ0v) is 12.6. The van der Waals surface area contributed by atoms with Gasteiger partial charge in [-0.05, 0) is 10.6 Å². The summed E-state index contributed by atoms with van der Waals surface area (Å²) in [5.74, 6) is 0.890. The highest BCUT2D eigenvalue weighted by molar-refractivity contribution is 8.75. The first kappa shape index (κ1) is 13.6. The van der Waals surface area contributed by atoms with E-state index in [0.717, 1.165) is 5.75 Å². The van der Waals surface area contributed by atoms with E-state index in [1.54, 1.807) is 0 Å². The molecule has 0 fully saturated rings. The number of benzene rings is 2. The van der Waals surface area contributed by atoms with Crippen LogP contribution in [0, 0.1) is 0 Å². The zero-order valence-electron chi connectivity index (χ0n) is 10.0. The summed E-state index contributed by atoms with van der Waals surface area (Å²) >= 11 is 7.86. The lowest BCUT2D eigenvalue weighted by Gasteiger charge is -2.21. The molecule has 0 amide bonds. The Labute approximate surface area is 118 Å². The minimum atomic E-state index is -1.76. The number of hydrogen-bond acceptors (Lipinski definition) is 2. The first-order valence-corrected chi connectivity index (χ1v) is 10.1. The van der Waals surface area contributed by atoms with Gasteiger partial charge in [0.2, 0.25) is 0 Å². The lowest BCUT2D eigenvalue weighted by Crippen LogP contribution is -2.13. The third-order valence-electron chi connectivity index (χ3n) is 2.57. The first-order valence-electron chi connectivity index (χ1n) is 5.74. The number of hydrogen-bond donors (Lipinski definition) is 0. The molecule has 3 heteroatoms. The molecule has 2 aromatic rings. The van der Waals surface area contributed by atoms with Crippen molar-refractivity contribution in [3.8, 4) is 0 Å². The lowest BCUT2D eigenvalue weighted by molar-refractivity contribution is 1.76. The summed E-state index contributed by atoms with van der Waals surface area (Å²) in [6.45, 7) is 3.80. The number of rotatable bonds is 5. The van der Waals surface area contributed by atoms with Crippen LogP contribution in [0.25, 0.3) is 0 Å². The van der Waals surface area contributed by atoms with Crippen molar-refractivity contribution in [3.05, 3.63) is 73.3 Å². The molecule has 0 aromatic heterocycles. The summed E-state index contributed by atoms with van der Waals surface area (Å²) < 4.78 is 0. The third kappa shape index (κ3) is 2.95. The van der Waals surface area contributed by atoms with Crippen LogP contribution in [-0.4, -0.2) is 5.75 Å². The summed E-state index contributed by atoms with van der Waals surface area (Å²) in [5, 5.41) is 0.762. The predicted molar refractivity (Wildman–Crippen MR) is 89.1 cm³/mol. The van der Waals surface area contributed by atoms with Gasteiger partial charge in [-0.25, -0.2) is 0 Å². The van der Waals surface area contributed by atoms with E-state index in [2.05, 4.69) is 55.1 Å². The molecule has 0 nitrogen and oxygen atoms in total. The van der Waals surface area contributed by atoms with Crippen LogP contribution in [0.2, 0.25) is 0 Å². The van der Waals surface area contributed by atoms with Crippen LogP contribution < -0.4 is 10.6 Å². The molecule has 2 rings (SSSR count). The van der Waals surface area contributed by atoms with Gasteiger partial charge in [0.15, 0.2) is 0 Å². The molecule has 0 saturated heterocycles. The van der Waals surface area contributed by atoms with Crippen LogP contribution in [0.5, 0.6) is 0 Å². The summed E-state index contributed by atoms with van der Waals surface area (Å²) in [5.41, 5.74) is 0. The molecule has 2 aromatic carbocycles. The van der Waals surface area contributed by atoms with Gasteiger partial charge in [0.05, 0.1) is 5.24 Å². The van der Waals surface area contributed by atoms with E-state index in [-0.39, 0.29) is 0 Å². The van der Waals surface area contributed by atoms with Gasteiger partial charge in [-0.2, -0.15) is 0 Å². The highest BCUT2D eigenvalue weighted by atomic mass is 32.9. The van der Waals surface area contributed by atoms with E-state index in [9.17, 15) is 0 Å². The van der Waals surface area contributed by atoms with Crippen molar-refractivity contribution in [2.75, 3.05) is 5.75 Å². The molecule has 0 aliphatic rings. The van der Waals surface area contributed by atoms with Crippen molar-refractivity contribution in [1.29, 1.82) is 0 Å². The van der Waals surface area contributed by atoms with E-state index in [1.807, 2.05) is 29.6 Å². The molecular weight excluding hydrogens is 275 g/mol. The van der Waals surface area contributed by atoms with Crippen LogP contribution in [-0.2, 0) is 11.8 Å². The summed E-state index contributed by atoms with van der Waals surface area (Å²) in [7, 11) is 0. The van der Waals surface area contributed by atoms with Crippen LogP contribution in [0.3, 0.4) is 0 Å². The van der Waals surface area contributed by atoms with E-state index in [1.165, 1.54) is 10.6 Å². The molecule has 0 aliphatic heterocycles. The molecule has 0 atom stereocenters. The first-order chi connectivity index (χ1) is 8.77. The predicted octanol–water partition coefficient (Wildman–Crippen LogP) is 3.95. The van der Waals surface area contributed by atoms with E-state index in [4.69, 9.17) is 11.8 Å². The Morgan fingerprint density at radius 2 is 1.39 bits per heavy atom. The van der Waals surface area contributed by atoms with Gasteiger partial charge in [-0.15, -0.1) is 18.0 Å². The fourth-order valence-electron chi connectivity index (χ4n) is 1.70. The molecular formula is C15H15PS2. The molecule has 0 unspecified atom stereocenters. The average Bonchev–Trinajstić information content (AvgIpc) is 2.46. The third-order valence-corrected chi connectivity index (χ3v) is 10.3. The summed E-state index contributed by atoms with van der Waals surface area (Å²) in [4.78, 5) is 0. The second-order valence-corrected chi connectivity index (χ2v) is 11.3. The van der Waals surface area contributed by atoms with E-state index >= 15 is 0 Å². The molecule has 0 saturated carbocycles. The largest absolute Gasteiger partial charge is 0.111 e. The average molecular weight is 290 g/mol. The van der Waals surface area contributed by atoms with Crippen LogP contribution in [0.15, 0.2) is 73.3 Å². The molecule has 0 N–H and O–H groups in total. The van der Waals surface area contributed by atoms with Crippen LogP contribution in [0.1, 0.15) is 0 Å². The Morgan fingerprint density at radius 1 is 0.944 bits per heavy atom. The Bertz CT molecular complexity index is 506. The fourth-order valence-corrected chi connectivity index (χ4v) is 7.59.